The summed E-state index contributed by atoms with van der Waals surface area (Å²) >= 11 is 0. The third kappa shape index (κ3) is 3.08. The van der Waals surface area contributed by atoms with Gasteiger partial charge in [-0.05, 0) is 18.8 Å². The second-order valence-electron chi connectivity index (χ2n) is 4.77. The molecule has 0 aliphatic rings. The zero-order valence-electron chi connectivity index (χ0n) is 12.9. The van der Waals surface area contributed by atoms with E-state index in [9.17, 15) is 18.1 Å². The summed E-state index contributed by atoms with van der Waals surface area (Å²) in [7, 11) is -1.79. The number of benzene rings is 1. The highest BCUT2D eigenvalue weighted by Gasteiger charge is 2.32. The van der Waals surface area contributed by atoms with Crippen molar-refractivity contribution in [1.82, 2.24) is 0 Å². The molecule has 21 heavy (non-hydrogen) atoms. The molecule has 0 fully saturated rings. The number of phenols is 1. The third-order valence-electron chi connectivity index (χ3n) is 3.59. The lowest BCUT2D eigenvalue weighted by atomic mass is 9.93. The van der Waals surface area contributed by atoms with E-state index in [0.717, 1.165) is 0 Å². The molecule has 6 nitrogen and oxygen atoms in total. The Hall–Kier alpha value is -1.47. The van der Waals surface area contributed by atoms with Crippen molar-refractivity contribution in [1.29, 1.82) is 0 Å². The molecule has 0 aliphatic carbocycles. The van der Waals surface area contributed by atoms with Crippen LogP contribution in [0, 0.1) is 0 Å². The molecule has 0 aliphatic heterocycles. The van der Waals surface area contributed by atoms with Gasteiger partial charge in [-0.1, -0.05) is 20.8 Å². The average molecular weight is 318 g/mol. The maximum absolute atomic E-state index is 11.8. The molecule has 0 amide bonds. The van der Waals surface area contributed by atoms with Crippen molar-refractivity contribution in [2.24, 2.45) is 0 Å². The summed E-state index contributed by atoms with van der Waals surface area (Å²) in [6.07, 6.45) is 0.896. The van der Waals surface area contributed by atoms with Crippen LogP contribution in [0.25, 0.3) is 0 Å². The minimum Gasteiger partial charge on any atom is -0.504 e. The lowest BCUT2D eigenvalue weighted by Crippen LogP contribution is -2.12. The predicted octanol–water partition coefficient (Wildman–Crippen LogP) is 2.73. The molecule has 7 heteroatoms. The van der Waals surface area contributed by atoms with Crippen molar-refractivity contribution >= 4 is 10.1 Å². The molecule has 1 unspecified atom stereocenters. The molecule has 0 radical (unpaired) electrons. The third-order valence-corrected chi connectivity index (χ3v) is 4.58. The van der Waals surface area contributed by atoms with Gasteiger partial charge in [0.05, 0.1) is 14.2 Å². The largest absolute Gasteiger partial charge is 0.504 e. The molecule has 0 aromatic heterocycles. The molecular formula is C14H22O6S. The summed E-state index contributed by atoms with van der Waals surface area (Å²) in [5.74, 6) is -0.380. The summed E-state index contributed by atoms with van der Waals surface area (Å²) in [5.41, 5.74) is 0.458. The molecule has 0 heterocycles. The predicted molar refractivity (Wildman–Crippen MR) is 79.1 cm³/mol. The Bertz CT molecular complexity index is 621. The smallest absolute Gasteiger partial charge is 0.295 e. The molecule has 2 N–H and O–H groups in total. The second-order valence-corrected chi connectivity index (χ2v) is 6.13. The van der Waals surface area contributed by atoms with Crippen molar-refractivity contribution in [3.63, 3.8) is 0 Å². The normalized spacial score (nSPS) is 13.0. The molecule has 120 valence electrons. The lowest BCUT2D eigenvalue weighted by molar-refractivity contribution is 0.324. The maximum Gasteiger partial charge on any atom is 0.295 e. The Morgan fingerprint density at radius 1 is 1.14 bits per heavy atom. The number of aromatic hydroxyl groups is 1. The number of methoxy groups -OCH3 is 2. The van der Waals surface area contributed by atoms with Crippen LogP contribution in [0.1, 0.15) is 44.2 Å². The number of phenolic OH excluding ortho intramolecular Hbond substituents is 1. The number of hydrogen-bond acceptors (Lipinski definition) is 5. The van der Waals surface area contributed by atoms with Crippen LogP contribution < -0.4 is 9.47 Å². The van der Waals surface area contributed by atoms with Crippen molar-refractivity contribution in [2.45, 2.75) is 44.4 Å². The topological polar surface area (TPSA) is 93.1 Å². The van der Waals surface area contributed by atoms with Gasteiger partial charge in [-0.3, -0.25) is 4.55 Å². The van der Waals surface area contributed by atoms with Gasteiger partial charge in [0.15, 0.2) is 11.5 Å². The molecule has 0 saturated heterocycles. The minimum absolute atomic E-state index is 0.0806. The van der Waals surface area contributed by atoms with Crippen molar-refractivity contribution in [3.8, 4) is 17.2 Å². The van der Waals surface area contributed by atoms with E-state index in [-0.39, 0.29) is 33.6 Å². The molecule has 0 bridgehead atoms. The maximum atomic E-state index is 11.8. The van der Waals surface area contributed by atoms with Gasteiger partial charge in [0.2, 0.25) is 5.75 Å². The molecule has 0 saturated carbocycles. The van der Waals surface area contributed by atoms with Gasteiger partial charge in [-0.2, -0.15) is 8.42 Å². The fourth-order valence-corrected chi connectivity index (χ4v) is 3.55. The zero-order valence-corrected chi connectivity index (χ0v) is 13.7. The molecule has 1 rings (SSSR count). The van der Waals surface area contributed by atoms with E-state index in [1.807, 2.05) is 6.92 Å². The molecule has 1 aromatic rings. The average Bonchev–Trinajstić information content (AvgIpc) is 2.43. The summed E-state index contributed by atoms with van der Waals surface area (Å²) in [6.45, 7) is 5.37. The molecule has 0 spiro atoms. The summed E-state index contributed by atoms with van der Waals surface area (Å²) in [5, 5.41) is 10.4. The monoisotopic (exact) mass is 318 g/mol. The fourth-order valence-electron chi connectivity index (χ4n) is 2.42. The molecular weight excluding hydrogens is 296 g/mol. The quantitative estimate of drug-likeness (QED) is 0.783. The van der Waals surface area contributed by atoms with Gasteiger partial charge in [-0.25, -0.2) is 0 Å². The number of ether oxygens (including phenoxy) is 2. The van der Waals surface area contributed by atoms with Crippen LogP contribution in [0.5, 0.6) is 17.2 Å². The molecule has 1 aromatic carbocycles. The highest BCUT2D eigenvalue weighted by atomic mass is 32.2. The van der Waals surface area contributed by atoms with E-state index >= 15 is 0 Å². The van der Waals surface area contributed by atoms with E-state index in [4.69, 9.17) is 9.47 Å². The van der Waals surface area contributed by atoms with E-state index in [2.05, 4.69) is 0 Å². The van der Waals surface area contributed by atoms with Crippen LogP contribution in [-0.4, -0.2) is 32.3 Å². The Kier molecular flexibility index (Phi) is 5.47. The van der Waals surface area contributed by atoms with Crippen LogP contribution in [0.2, 0.25) is 0 Å². The minimum atomic E-state index is -4.51. The van der Waals surface area contributed by atoms with Crippen LogP contribution in [0.15, 0.2) is 4.90 Å². The highest BCUT2D eigenvalue weighted by molar-refractivity contribution is 7.86. The van der Waals surface area contributed by atoms with Crippen LogP contribution >= 0.6 is 0 Å². The Labute approximate surface area is 125 Å². The fraction of sp³-hybridized carbons (Fsp3) is 0.571. The Morgan fingerprint density at radius 2 is 1.67 bits per heavy atom. The van der Waals surface area contributed by atoms with Gasteiger partial charge in [0.25, 0.3) is 10.1 Å². The van der Waals surface area contributed by atoms with E-state index < -0.39 is 10.1 Å². The van der Waals surface area contributed by atoms with Gasteiger partial charge in [0.1, 0.15) is 4.90 Å². The van der Waals surface area contributed by atoms with Crippen molar-refractivity contribution in [3.05, 3.63) is 11.1 Å². The van der Waals surface area contributed by atoms with Crippen molar-refractivity contribution in [2.75, 3.05) is 14.2 Å². The standard InChI is InChI=1S/C14H22O6S/c1-6-8(3)10-11(15)13(20-5)12(19-4)9(7-2)14(10)21(16,17)18/h8,15H,6-7H2,1-5H3,(H,16,17,18). The molecule has 1 atom stereocenters. The summed E-state index contributed by atoms with van der Waals surface area (Å²) < 4.78 is 43.6. The lowest BCUT2D eigenvalue weighted by Gasteiger charge is -2.23. The van der Waals surface area contributed by atoms with E-state index in [0.29, 0.717) is 18.4 Å². The number of rotatable bonds is 6. The first kappa shape index (κ1) is 17.6. The van der Waals surface area contributed by atoms with Crippen LogP contribution in [0.3, 0.4) is 0 Å². The van der Waals surface area contributed by atoms with Crippen molar-refractivity contribution < 1.29 is 27.6 Å². The van der Waals surface area contributed by atoms with E-state index in [1.54, 1.807) is 13.8 Å². The Balaban J connectivity index is 4.02. The van der Waals surface area contributed by atoms with E-state index in [1.165, 1.54) is 14.2 Å². The Morgan fingerprint density at radius 3 is 2.00 bits per heavy atom. The van der Waals surface area contributed by atoms with Gasteiger partial charge < -0.3 is 14.6 Å². The SMILES string of the molecule is CCc1c(OC)c(OC)c(O)c(C(C)CC)c1S(=O)(=O)O. The van der Waals surface area contributed by atoms with Gasteiger partial charge in [0, 0.05) is 11.1 Å². The first-order valence-electron chi connectivity index (χ1n) is 6.71. The summed E-state index contributed by atoms with van der Waals surface area (Å²) in [6, 6.07) is 0. The van der Waals surface area contributed by atoms with Crippen LogP contribution in [0.4, 0.5) is 0 Å². The number of hydrogen-bond donors (Lipinski definition) is 2. The highest BCUT2D eigenvalue weighted by Crippen LogP contribution is 2.49. The zero-order chi connectivity index (χ0) is 16.4. The first-order chi connectivity index (χ1) is 9.74. The summed E-state index contributed by atoms with van der Waals surface area (Å²) in [4.78, 5) is -0.283. The first-order valence-corrected chi connectivity index (χ1v) is 8.15. The second kappa shape index (κ2) is 6.53. The van der Waals surface area contributed by atoms with Crippen LogP contribution in [-0.2, 0) is 16.5 Å². The van der Waals surface area contributed by atoms with Gasteiger partial charge in [-0.15, -0.1) is 0 Å². The van der Waals surface area contributed by atoms with Gasteiger partial charge >= 0.3 is 0 Å².